The fourth-order valence-corrected chi connectivity index (χ4v) is 5.45. The minimum Gasteiger partial charge on any atom is -0.744 e. The van der Waals surface area contributed by atoms with E-state index in [1.807, 2.05) is 0 Å². The molecule has 0 aliphatic carbocycles. The van der Waals surface area contributed by atoms with Crippen LogP contribution < -0.4 is 104 Å². The van der Waals surface area contributed by atoms with Gasteiger partial charge in [-0.3, -0.25) is 9.22 Å². The van der Waals surface area contributed by atoms with Gasteiger partial charge in [0.2, 0.25) is 21.6 Å². The Balaban J connectivity index is 0.00000400. The molecule has 0 radical (unpaired) electrons. The molecule has 0 aliphatic rings. The van der Waals surface area contributed by atoms with Crippen molar-refractivity contribution in [2.24, 2.45) is 10.2 Å². The maximum atomic E-state index is 11.9. The van der Waals surface area contributed by atoms with Gasteiger partial charge in [-0.05, 0) is 66.4 Å². The smallest absolute Gasteiger partial charge is 0.744 e. The standard InChI is InChI=1S/C22H19ClN6O13S4.3Na/c1-11-24-21(23)27-22(25-11)26-16-10-15(45(32,33)34)8-12-9-17(44-42-40-31)19(20(30)18(12)16)29-28-13-2-4-14(5-3-13)39-41-43-7-6-38-46(35,36)37;;;/h2-5,8-10,30-31H,6-7H2,1H3,(H,32,33,34)(H,35,36,37)(H,24,25,26,27);;;/q;3*+1/p-3. The number of rotatable bonds is 15. The molecule has 49 heavy (non-hydrogen) atoms. The fraction of sp³-hybridized carbons (Fsp3) is 0.136. The molecule has 4 rings (SSSR count). The van der Waals surface area contributed by atoms with Gasteiger partial charge in [0.1, 0.15) is 21.6 Å². The molecule has 1 heterocycles. The maximum Gasteiger partial charge on any atom is 1.00 e. The molecule has 0 aliphatic heterocycles. The van der Waals surface area contributed by atoms with Crippen LogP contribution in [0.1, 0.15) is 5.82 Å². The third-order valence-corrected chi connectivity index (χ3v) is 7.75. The van der Waals surface area contributed by atoms with Crippen LogP contribution in [0, 0.1) is 6.92 Å². The SMILES string of the molecule is Cc1nc(Cl)nc(Nc2cc(S(=O)(=O)[O-])cc3cc(SOO[O-])c(N=Nc4ccc(OOSCCOS(=O)(=O)[O-])cc4)c(O)c23)n1.[Na+].[Na+].[Na+]. The number of anilines is 2. The summed E-state index contributed by atoms with van der Waals surface area (Å²) in [6.45, 7) is 1.09. The zero-order valence-corrected chi connectivity index (χ0v) is 35.6. The van der Waals surface area contributed by atoms with E-state index in [0.717, 1.165) is 12.1 Å². The first kappa shape index (κ1) is 46.6. The van der Waals surface area contributed by atoms with Gasteiger partial charge in [0.25, 0.3) is 0 Å². The summed E-state index contributed by atoms with van der Waals surface area (Å²) in [6.07, 6.45) is 0. The number of fused-ring (bicyclic) bond motifs is 1. The Morgan fingerprint density at radius 3 is 2.29 bits per heavy atom. The summed E-state index contributed by atoms with van der Waals surface area (Å²) in [5.74, 6) is -0.360. The van der Waals surface area contributed by atoms with Gasteiger partial charge in [-0.2, -0.15) is 19.4 Å². The molecule has 2 N–H and O–H groups in total. The number of nitrogens with one attached hydrogen (secondary N) is 1. The first-order valence-corrected chi connectivity index (χ1v) is 16.7. The normalized spacial score (nSPS) is 11.4. The van der Waals surface area contributed by atoms with E-state index in [1.54, 1.807) is 0 Å². The largest absolute Gasteiger partial charge is 1.00 e. The minimum atomic E-state index is -5.01. The molecular formula is C22H16ClN6Na3O13S4. The van der Waals surface area contributed by atoms with E-state index in [4.69, 9.17) is 20.8 Å². The Labute approximate surface area is 358 Å². The molecule has 246 valence electrons. The molecule has 3 aromatic carbocycles. The average molecular weight is 805 g/mol. The van der Waals surface area contributed by atoms with Crippen LogP contribution in [0.2, 0.25) is 5.28 Å². The van der Waals surface area contributed by atoms with Crippen LogP contribution in [0.25, 0.3) is 10.8 Å². The van der Waals surface area contributed by atoms with E-state index in [0.29, 0.717) is 24.1 Å². The molecule has 0 saturated heterocycles. The van der Waals surface area contributed by atoms with Crippen LogP contribution >= 0.6 is 35.7 Å². The molecule has 4 aromatic rings. The summed E-state index contributed by atoms with van der Waals surface area (Å²) in [5, 5.41) is 35.8. The number of azo groups is 1. The molecule has 0 saturated carbocycles. The van der Waals surface area contributed by atoms with Crippen molar-refractivity contribution in [2.45, 2.75) is 16.7 Å². The number of phenols is 1. The predicted octanol–water partition coefficient (Wildman–Crippen LogP) is -5.57. The number of phenolic OH excluding ortho intramolecular Hbond substituents is 1. The molecule has 0 spiro atoms. The summed E-state index contributed by atoms with van der Waals surface area (Å²) in [5.41, 5.74) is -0.171. The zero-order valence-electron chi connectivity index (χ0n) is 25.5. The predicted molar refractivity (Wildman–Crippen MR) is 155 cm³/mol. The van der Waals surface area contributed by atoms with Crippen molar-refractivity contribution in [2.75, 3.05) is 17.7 Å². The molecule has 0 bridgehead atoms. The molecule has 0 unspecified atom stereocenters. The number of aryl methyl sites for hydroxylation is 1. The number of hydrogen-bond donors (Lipinski definition) is 2. The maximum absolute atomic E-state index is 11.9. The molecule has 27 heteroatoms. The number of halogens is 1. The first-order valence-electron chi connectivity index (χ1n) is 11.9. The fourth-order valence-electron chi connectivity index (χ4n) is 3.48. The number of hydrogen-bond acceptors (Lipinski definition) is 21. The van der Waals surface area contributed by atoms with Crippen LogP contribution in [0.4, 0.5) is 23.0 Å². The van der Waals surface area contributed by atoms with Gasteiger partial charge in [0, 0.05) is 23.2 Å². The summed E-state index contributed by atoms with van der Waals surface area (Å²) in [4.78, 5) is 16.1. The van der Waals surface area contributed by atoms with Crippen LogP contribution in [0.15, 0.2) is 62.5 Å². The second-order valence-electron chi connectivity index (χ2n) is 8.31. The van der Waals surface area contributed by atoms with Crippen LogP contribution in [0.5, 0.6) is 11.5 Å². The number of aromatic hydroxyl groups is 1. The Morgan fingerprint density at radius 1 is 0.980 bits per heavy atom. The van der Waals surface area contributed by atoms with E-state index in [2.05, 4.69) is 44.1 Å². The summed E-state index contributed by atoms with van der Waals surface area (Å²) < 4.78 is 80.2. The minimum absolute atomic E-state index is 0. The molecule has 0 atom stereocenters. The number of benzene rings is 3. The van der Waals surface area contributed by atoms with Crippen molar-refractivity contribution in [1.82, 2.24) is 15.0 Å². The Morgan fingerprint density at radius 2 is 1.67 bits per heavy atom. The summed E-state index contributed by atoms with van der Waals surface area (Å²) in [6, 6.07) is 8.90. The molecule has 1 aromatic heterocycles. The van der Waals surface area contributed by atoms with Crippen molar-refractivity contribution in [3.05, 3.63) is 53.6 Å². The Kier molecular flexibility index (Phi) is 20.2. The summed E-state index contributed by atoms with van der Waals surface area (Å²) >= 11 is 6.89. The van der Waals surface area contributed by atoms with Crippen molar-refractivity contribution in [1.29, 1.82) is 0 Å². The van der Waals surface area contributed by atoms with Crippen molar-refractivity contribution in [3.63, 3.8) is 0 Å². The third-order valence-electron chi connectivity index (χ3n) is 5.21. The van der Waals surface area contributed by atoms with Crippen molar-refractivity contribution in [3.8, 4) is 11.5 Å². The van der Waals surface area contributed by atoms with Gasteiger partial charge in [-0.15, -0.1) is 9.45 Å². The van der Waals surface area contributed by atoms with E-state index < -0.39 is 37.8 Å². The Bertz CT molecular complexity index is 1970. The zero-order chi connectivity index (χ0) is 33.5. The molecule has 0 amide bonds. The van der Waals surface area contributed by atoms with Gasteiger partial charge in [-0.1, -0.05) is 0 Å². The van der Waals surface area contributed by atoms with Gasteiger partial charge >= 0.3 is 88.7 Å². The summed E-state index contributed by atoms with van der Waals surface area (Å²) in [7, 11) is -9.82. The van der Waals surface area contributed by atoms with Crippen molar-refractivity contribution >= 4 is 90.0 Å². The monoisotopic (exact) mass is 804 g/mol. The van der Waals surface area contributed by atoms with Gasteiger partial charge in [0.15, 0.2) is 11.5 Å². The second-order valence-corrected chi connectivity index (χ2v) is 12.6. The van der Waals surface area contributed by atoms with Crippen molar-refractivity contribution < 1.29 is 148 Å². The second kappa shape index (κ2) is 21.3. The number of nitrogens with zero attached hydrogens (tertiary/aromatic N) is 5. The van der Waals surface area contributed by atoms with E-state index in [9.17, 15) is 36.3 Å². The van der Waals surface area contributed by atoms with E-state index >= 15 is 0 Å². The van der Waals surface area contributed by atoms with Crippen LogP contribution in [-0.4, -0.2) is 58.4 Å². The first-order chi connectivity index (χ1) is 21.7. The third kappa shape index (κ3) is 14.5. The van der Waals surface area contributed by atoms with Crippen LogP contribution in [-0.2, 0) is 38.4 Å². The van der Waals surface area contributed by atoms with Crippen LogP contribution in [0.3, 0.4) is 0 Å². The van der Waals surface area contributed by atoms with E-state index in [1.165, 1.54) is 37.3 Å². The molecule has 0 fully saturated rings. The topological polar surface area (TPSA) is 279 Å². The molecular weight excluding hydrogens is 789 g/mol. The van der Waals surface area contributed by atoms with Gasteiger partial charge in [-0.25, -0.2) is 21.8 Å². The Hall–Kier alpha value is -0.460. The quantitative estimate of drug-likeness (QED) is 0.0166. The number of aromatic nitrogens is 3. The van der Waals surface area contributed by atoms with E-state index in [-0.39, 0.29) is 150 Å². The van der Waals surface area contributed by atoms with Gasteiger partial charge in [0.05, 0.1) is 39.8 Å². The average Bonchev–Trinajstić information content (AvgIpc) is 2.96. The van der Waals surface area contributed by atoms with Gasteiger partial charge < -0.3 is 29.7 Å². The molecule has 19 nitrogen and oxygen atoms in total.